The van der Waals surface area contributed by atoms with E-state index in [9.17, 15) is 9.59 Å². The molecule has 126 valence electrons. The van der Waals surface area contributed by atoms with Crippen molar-refractivity contribution in [3.63, 3.8) is 0 Å². The van der Waals surface area contributed by atoms with Gasteiger partial charge in [-0.2, -0.15) is 0 Å². The van der Waals surface area contributed by atoms with Gasteiger partial charge in [0.05, 0.1) is 12.7 Å². The Bertz CT molecular complexity index is 383. The van der Waals surface area contributed by atoms with Crippen molar-refractivity contribution in [2.75, 3.05) is 60.1 Å². The lowest BCUT2D eigenvalue weighted by Crippen LogP contribution is -2.52. The van der Waals surface area contributed by atoms with Gasteiger partial charge in [0.15, 0.2) is 0 Å². The normalized spacial score (nSPS) is 24.5. The van der Waals surface area contributed by atoms with Crippen molar-refractivity contribution in [1.29, 1.82) is 0 Å². The summed E-state index contributed by atoms with van der Waals surface area (Å²) in [4.78, 5) is 27.9. The van der Waals surface area contributed by atoms with Gasteiger partial charge in [0, 0.05) is 32.7 Å². The smallest absolute Gasteiger partial charge is 0.248 e. The van der Waals surface area contributed by atoms with E-state index in [1.165, 1.54) is 0 Å². The summed E-state index contributed by atoms with van der Waals surface area (Å²) in [5, 5.41) is 2.98. The summed E-state index contributed by atoms with van der Waals surface area (Å²) in [5.41, 5.74) is 0. The van der Waals surface area contributed by atoms with E-state index in [1.807, 2.05) is 0 Å². The average Bonchev–Trinajstić information content (AvgIpc) is 2.53. The largest absolute Gasteiger partial charge is 0.383 e. The Morgan fingerprint density at radius 1 is 1.41 bits per heavy atom. The van der Waals surface area contributed by atoms with Crippen LogP contribution in [0.15, 0.2) is 0 Å². The highest BCUT2D eigenvalue weighted by molar-refractivity contribution is 5.79. The first-order valence-corrected chi connectivity index (χ1v) is 7.94. The third-order valence-electron chi connectivity index (χ3n) is 4.38. The number of ether oxygens (including phenoxy) is 2. The van der Waals surface area contributed by atoms with Crippen molar-refractivity contribution < 1.29 is 19.1 Å². The van der Waals surface area contributed by atoms with Gasteiger partial charge in [-0.25, -0.2) is 0 Å². The molecule has 2 aliphatic heterocycles. The van der Waals surface area contributed by atoms with E-state index >= 15 is 0 Å². The molecule has 1 unspecified atom stereocenters. The molecule has 2 heterocycles. The lowest BCUT2D eigenvalue weighted by molar-refractivity contribution is -0.149. The van der Waals surface area contributed by atoms with Gasteiger partial charge < -0.3 is 24.6 Å². The van der Waals surface area contributed by atoms with Crippen LogP contribution in [-0.4, -0.2) is 87.8 Å². The minimum Gasteiger partial charge on any atom is -0.383 e. The SMILES string of the molecule is COCCN1CC(CNC(=O)C2CCN(C)CC2)OCC1=O. The molecule has 2 aliphatic rings. The maximum absolute atomic E-state index is 12.2. The standard InChI is InChI=1S/C15H27N3O4/c1-17-5-3-12(4-6-17)15(20)16-9-13-10-18(7-8-21-2)14(19)11-22-13/h12-13H,3-11H2,1-2H3,(H,16,20). The zero-order chi connectivity index (χ0) is 15.9. The van der Waals surface area contributed by atoms with E-state index in [4.69, 9.17) is 9.47 Å². The number of carbonyl (C=O) groups is 2. The first-order valence-electron chi connectivity index (χ1n) is 7.94. The quantitative estimate of drug-likeness (QED) is 0.703. The molecule has 0 spiro atoms. The van der Waals surface area contributed by atoms with Crippen molar-refractivity contribution in [2.24, 2.45) is 5.92 Å². The van der Waals surface area contributed by atoms with Crippen LogP contribution in [0.2, 0.25) is 0 Å². The number of amides is 2. The summed E-state index contributed by atoms with van der Waals surface area (Å²) < 4.78 is 10.5. The van der Waals surface area contributed by atoms with Gasteiger partial charge >= 0.3 is 0 Å². The Hall–Kier alpha value is -1.18. The van der Waals surface area contributed by atoms with E-state index in [1.54, 1.807) is 12.0 Å². The van der Waals surface area contributed by atoms with E-state index in [2.05, 4.69) is 17.3 Å². The Labute approximate surface area is 131 Å². The van der Waals surface area contributed by atoms with E-state index in [0.717, 1.165) is 25.9 Å². The monoisotopic (exact) mass is 313 g/mol. The van der Waals surface area contributed by atoms with Crippen LogP contribution < -0.4 is 5.32 Å². The second-order valence-electron chi connectivity index (χ2n) is 6.09. The van der Waals surface area contributed by atoms with Gasteiger partial charge in [-0.3, -0.25) is 9.59 Å². The molecule has 0 saturated carbocycles. The van der Waals surface area contributed by atoms with Crippen LogP contribution in [0.1, 0.15) is 12.8 Å². The number of piperidine rings is 1. The number of likely N-dealkylation sites (tertiary alicyclic amines) is 1. The molecule has 0 aromatic carbocycles. The number of carbonyl (C=O) groups excluding carboxylic acids is 2. The maximum Gasteiger partial charge on any atom is 0.248 e. The van der Waals surface area contributed by atoms with Gasteiger partial charge in [-0.05, 0) is 33.0 Å². The molecule has 0 radical (unpaired) electrons. The summed E-state index contributed by atoms with van der Waals surface area (Å²) in [6.07, 6.45) is 1.68. The Morgan fingerprint density at radius 3 is 2.82 bits per heavy atom. The molecule has 2 amide bonds. The zero-order valence-electron chi connectivity index (χ0n) is 13.5. The molecule has 0 bridgehead atoms. The van der Waals surface area contributed by atoms with Crippen molar-refractivity contribution in [3.8, 4) is 0 Å². The topological polar surface area (TPSA) is 71.1 Å². The highest BCUT2D eigenvalue weighted by Gasteiger charge is 2.28. The molecule has 1 atom stereocenters. The van der Waals surface area contributed by atoms with Crippen LogP contribution in [0.25, 0.3) is 0 Å². The molecule has 0 aromatic heterocycles. The molecule has 2 saturated heterocycles. The predicted molar refractivity (Wildman–Crippen MR) is 81.4 cm³/mol. The van der Waals surface area contributed by atoms with Gasteiger partial charge in [0.25, 0.3) is 0 Å². The minimum absolute atomic E-state index is 0.0186. The molecule has 0 aromatic rings. The number of rotatable bonds is 6. The van der Waals surface area contributed by atoms with Crippen LogP contribution in [-0.2, 0) is 19.1 Å². The highest BCUT2D eigenvalue weighted by atomic mass is 16.5. The molecule has 2 rings (SSSR count). The van der Waals surface area contributed by atoms with Crippen molar-refractivity contribution in [2.45, 2.75) is 18.9 Å². The predicted octanol–water partition coefficient (Wildman–Crippen LogP) is -0.682. The average molecular weight is 313 g/mol. The summed E-state index contributed by atoms with van der Waals surface area (Å²) in [6.45, 7) is 4.07. The van der Waals surface area contributed by atoms with Crippen molar-refractivity contribution in [1.82, 2.24) is 15.1 Å². The van der Waals surface area contributed by atoms with Crippen LogP contribution >= 0.6 is 0 Å². The first-order chi connectivity index (χ1) is 10.6. The molecular formula is C15H27N3O4. The van der Waals surface area contributed by atoms with Gasteiger partial charge in [0.1, 0.15) is 6.61 Å². The third kappa shape index (κ3) is 4.93. The summed E-state index contributed by atoms with van der Waals surface area (Å²) in [5.74, 6) is 0.193. The highest BCUT2D eigenvalue weighted by Crippen LogP contribution is 2.16. The first kappa shape index (κ1) is 17.2. The Balaban J connectivity index is 1.71. The summed E-state index contributed by atoms with van der Waals surface area (Å²) in [6, 6.07) is 0. The minimum atomic E-state index is -0.134. The zero-order valence-corrected chi connectivity index (χ0v) is 13.5. The summed E-state index contributed by atoms with van der Waals surface area (Å²) in [7, 11) is 3.69. The molecular weight excluding hydrogens is 286 g/mol. The Morgan fingerprint density at radius 2 is 2.14 bits per heavy atom. The van der Waals surface area contributed by atoms with Gasteiger partial charge in [-0.15, -0.1) is 0 Å². The molecule has 2 fully saturated rings. The molecule has 7 heteroatoms. The number of nitrogens with zero attached hydrogens (tertiary/aromatic N) is 2. The van der Waals surface area contributed by atoms with E-state index in [-0.39, 0.29) is 30.4 Å². The lowest BCUT2D eigenvalue weighted by atomic mass is 9.96. The second-order valence-corrected chi connectivity index (χ2v) is 6.09. The van der Waals surface area contributed by atoms with Crippen LogP contribution in [0.5, 0.6) is 0 Å². The molecule has 22 heavy (non-hydrogen) atoms. The fraction of sp³-hybridized carbons (Fsp3) is 0.867. The third-order valence-corrected chi connectivity index (χ3v) is 4.38. The fourth-order valence-corrected chi connectivity index (χ4v) is 2.85. The summed E-state index contributed by atoms with van der Waals surface area (Å²) >= 11 is 0. The van der Waals surface area contributed by atoms with Gasteiger partial charge in [-0.1, -0.05) is 0 Å². The number of hydrogen-bond acceptors (Lipinski definition) is 5. The maximum atomic E-state index is 12.2. The van der Waals surface area contributed by atoms with Crippen molar-refractivity contribution >= 4 is 11.8 Å². The fourth-order valence-electron chi connectivity index (χ4n) is 2.85. The van der Waals surface area contributed by atoms with E-state index in [0.29, 0.717) is 26.2 Å². The Kier molecular flexibility index (Phi) is 6.60. The van der Waals surface area contributed by atoms with Crippen LogP contribution in [0.3, 0.4) is 0 Å². The van der Waals surface area contributed by atoms with Crippen LogP contribution in [0, 0.1) is 5.92 Å². The second kappa shape index (κ2) is 8.45. The van der Waals surface area contributed by atoms with Gasteiger partial charge in [0.2, 0.25) is 11.8 Å². The lowest BCUT2D eigenvalue weighted by Gasteiger charge is -2.33. The number of morpholine rings is 1. The number of methoxy groups -OCH3 is 1. The van der Waals surface area contributed by atoms with Crippen LogP contribution in [0.4, 0.5) is 0 Å². The molecule has 7 nitrogen and oxygen atoms in total. The van der Waals surface area contributed by atoms with E-state index < -0.39 is 0 Å². The number of nitrogens with one attached hydrogen (secondary N) is 1. The molecule has 1 N–H and O–H groups in total. The molecule has 0 aliphatic carbocycles. The number of hydrogen-bond donors (Lipinski definition) is 1. The van der Waals surface area contributed by atoms with Crippen molar-refractivity contribution in [3.05, 3.63) is 0 Å².